The van der Waals surface area contributed by atoms with Crippen LogP contribution in [0.1, 0.15) is 18.0 Å². The molecule has 4 N–H and O–H groups in total. The highest BCUT2D eigenvalue weighted by molar-refractivity contribution is 6.30. The van der Waals surface area contributed by atoms with E-state index in [9.17, 15) is 9.90 Å². The zero-order chi connectivity index (χ0) is 10.7. The molecule has 4 nitrogen and oxygen atoms in total. The fourth-order valence-electron chi connectivity index (χ4n) is 1.13. The van der Waals surface area contributed by atoms with Crippen LogP contribution in [-0.4, -0.2) is 16.2 Å². The normalized spacial score (nSPS) is 12.4. The van der Waals surface area contributed by atoms with Crippen molar-refractivity contribution in [3.05, 3.63) is 28.8 Å². The minimum absolute atomic E-state index is 0.0775. The second kappa shape index (κ2) is 4.30. The zero-order valence-corrected chi connectivity index (χ0v) is 8.03. The number of carbonyl (C=O) groups is 1. The Labute approximate surface area is 85.9 Å². The van der Waals surface area contributed by atoms with Crippen molar-refractivity contribution < 1.29 is 15.0 Å². The predicted octanol–water partition coefficient (Wildman–Crippen LogP) is 1.52. The monoisotopic (exact) mass is 215 g/mol. The third kappa shape index (κ3) is 2.61. The van der Waals surface area contributed by atoms with Crippen LogP contribution in [0.5, 0.6) is 5.75 Å². The van der Waals surface area contributed by atoms with E-state index in [1.807, 2.05) is 0 Å². The van der Waals surface area contributed by atoms with Gasteiger partial charge in [0.15, 0.2) is 0 Å². The highest BCUT2D eigenvalue weighted by Gasteiger charge is 2.14. The number of hydrogen-bond donors (Lipinski definition) is 3. The van der Waals surface area contributed by atoms with E-state index in [0.717, 1.165) is 0 Å². The van der Waals surface area contributed by atoms with Gasteiger partial charge in [-0.2, -0.15) is 0 Å². The molecule has 1 aromatic rings. The predicted molar refractivity (Wildman–Crippen MR) is 52.3 cm³/mol. The molecule has 0 unspecified atom stereocenters. The second-order valence-electron chi connectivity index (χ2n) is 2.91. The van der Waals surface area contributed by atoms with Crippen molar-refractivity contribution in [2.45, 2.75) is 12.5 Å². The highest BCUT2D eigenvalue weighted by Crippen LogP contribution is 2.27. The van der Waals surface area contributed by atoms with Gasteiger partial charge in [0.05, 0.1) is 6.42 Å². The molecule has 0 saturated heterocycles. The first-order chi connectivity index (χ1) is 6.50. The van der Waals surface area contributed by atoms with E-state index in [0.29, 0.717) is 10.6 Å². The van der Waals surface area contributed by atoms with Gasteiger partial charge >= 0.3 is 5.97 Å². The summed E-state index contributed by atoms with van der Waals surface area (Å²) in [5, 5.41) is 18.3. The van der Waals surface area contributed by atoms with Gasteiger partial charge in [0.25, 0.3) is 0 Å². The van der Waals surface area contributed by atoms with Crippen molar-refractivity contribution in [2.75, 3.05) is 0 Å². The average Bonchev–Trinajstić information content (AvgIpc) is 2.01. The van der Waals surface area contributed by atoms with Crippen molar-refractivity contribution in [1.29, 1.82) is 0 Å². The van der Waals surface area contributed by atoms with Gasteiger partial charge in [0.1, 0.15) is 5.75 Å². The average molecular weight is 216 g/mol. The lowest BCUT2D eigenvalue weighted by atomic mass is 10.0. The van der Waals surface area contributed by atoms with Gasteiger partial charge in [0, 0.05) is 16.6 Å². The molecule has 0 fully saturated rings. The summed E-state index contributed by atoms with van der Waals surface area (Å²) in [6.45, 7) is 0. The van der Waals surface area contributed by atoms with Crippen molar-refractivity contribution in [2.24, 2.45) is 5.73 Å². The Morgan fingerprint density at radius 3 is 2.71 bits per heavy atom. The number of aromatic hydroxyl groups is 1. The molecule has 0 aromatic heterocycles. The molecular weight excluding hydrogens is 206 g/mol. The van der Waals surface area contributed by atoms with Crippen LogP contribution >= 0.6 is 11.6 Å². The highest BCUT2D eigenvalue weighted by atomic mass is 35.5. The number of phenols is 1. The summed E-state index contributed by atoms with van der Waals surface area (Å²) >= 11 is 5.61. The van der Waals surface area contributed by atoms with Gasteiger partial charge in [-0.25, -0.2) is 0 Å². The van der Waals surface area contributed by atoms with Crippen LogP contribution < -0.4 is 5.73 Å². The van der Waals surface area contributed by atoms with E-state index >= 15 is 0 Å². The lowest BCUT2D eigenvalue weighted by Gasteiger charge is -2.11. The Hall–Kier alpha value is -1.26. The number of carboxylic acids is 1. The Balaban J connectivity index is 2.90. The van der Waals surface area contributed by atoms with E-state index < -0.39 is 12.0 Å². The van der Waals surface area contributed by atoms with Crippen molar-refractivity contribution >= 4 is 17.6 Å². The van der Waals surface area contributed by atoms with Gasteiger partial charge < -0.3 is 15.9 Å². The van der Waals surface area contributed by atoms with Gasteiger partial charge in [-0.15, -0.1) is 0 Å². The van der Waals surface area contributed by atoms with Crippen molar-refractivity contribution in [3.63, 3.8) is 0 Å². The van der Waals surface area contributed by atoms with E-state index in [2.05, 4.69) is 0 Å². The lowest BCUT2D eigenvalue weighted by molar-refractivity contribution is -0.137. The van der Waals surface area contributed by atoms with Gasteiger partial charge in [-0.05, 0) is 12.1 Å². The van der Waals surface area contributed by atoms with Crippen molar-refractivity contribution in [3.8, 4) is 5.75 Å². The standard InChI is InChI=1S/C9H10ClNO3/c10-5-1-2-6(8(12)3-5)7(11)4-9(13)14/h1-3,7,12H,4,11H2,(H,13,14)/t7-/m0/s1. The Kier molecular flexibility index (Phi) is 3.33. The van der Waals surface area contributed by atoms with Gasteiger partial charge in [0.2, 0.25) is 0 Å². The maximum atomic E-state index is 10.4. The smallest absolute Gasteiger partial charge is 0.305 e. The summed E-state index contributed by atoms with van der Waals surface area (Å²) in [7, 11) is 0. The Morgan fingerprint density at radius 1 is 1.57 bits per heavy atom. The molecule has 0 saturated carbocycles. The topological polar surface area (TPSA) is 83.6 Å². The van der Waals surface area contributed by atoms with Crippen LogP contribution in [0.2, 0.25) is 5.02 Å². The number of rotatable bonds is 3. The molecule has 0 aliphatic carbocycles. The van der Waals surface area contributed by atoms with Crippen LogP contribution in [0.25, 0.3) is 0 Å². The minimum Gasteiger partial charge on any atom is -0.508 e. The lowest BCUT2D eigenvalue weighted by Crippen LogP contribution is -2.15. The van der Waals surface area contributed by atoms with Crippen molar-refractivity contribution in [1.82, 2.24) is 0 Å². The number of aliphatic carboxylic acids is 1. The second-order valence-corrected chi connectivity index (χ2v) is 3.34. The molecule has 5 heteroatoms. The zero-order valence-electron chi connectivity index (χ0n) is 7.27. The molecule has 0 radical (unpaired) electrons. The van der Waals surface area contributed by atoms with Crippen LogP contribution in [-0.2, 0) is 4.79 Å². The summed E-state index contributed by atoms with van der Waals surface area (Å²) in [6.07, 6.45) is -0.227. The summed E-state index contributed by atoms with van der Waals surface area (Å²) in [5.74, 6) is -1.09. The summed E-state index contributed by atoms with van der Waals surface area (Å²) in [4.78, 5) is 10.4. The van der Waals surface area contributed by atoms with Gasteiger partial charge in [-0.1, -0.05) is 17.7 Å². The van der Waals surface area contributed by atoms with Crippen LogP contribution in [0, 0.1) is 0 Å². The summed E-state index contributed by atoms with van der Waals surface area (Å²) < 4.78 is 0. The van der Waals surface area contributed by atoms with E-state index in [1.54, 1.807) is 6.07 Å². The first kappa shape index (κ1) is 10.8. The van der Waals surface area contributed by atoms with Gasteiger partial charge in [-0.3, -0.25) is 4.79 Å². The third-order valence-corrected chi connectivity index (χ3v) is 2.02. The SMILES string of the molecule is N[C@@H](CC(=O)O)c1ccc(Cl)cc1O. The quantitative estimate of drug-likeness (QED) is 0.714. The molecular formula is C9H10ClNO3. The van der Waals surface area contributed by atoms with Crippen LogP contribution in [0.3, 0.4) is 0 Å². The Morgan fingerprint density at radius 2 is 2.21 bits per heavy atom. The number of phenolic OH excluding ortho intramolecular Hbond substituents is 1. The van der Waals surface area contributed by atoms with E-state index in [-0.39, 0.29) is 12.2 Å². The molecule has 0 bridgehead atoms. The number of carboxylic acid groups (broad SMARTS) is 1. The number of nitrogens with two attached hydrogens (primary N) is 1. The van der Waals surface area contributed by atoms with Crippen LogP contribution in [0.4, 0.5) is 0 Å². The third-order valence-electron chi connectivity index (χ3n) is 1.79. The molecule has 1 atom stereocenters. The molecule has 1 aromatic carbocycles. The number of hydrogen-bond acceptors (Lipinski definition) is 3. The largest absolute Gasteiger partial charge is 0.508 e. The molecule has 1 rings (SSSR count). The summed E-state index contributed by atoms with van der Waals surface area (Å²) in [5.41, 5.74) is 5.95. The molecule has 0 heterocycles. The van der Waals surface area contributed by atoms with Crippen LogP contribution in [0.15, 0.2) is 18.2 Å². The molecule has 76 valence electrons. The number of benzene rings is 1. The maximum absolute atomic E-state index is 10.4. The molecule has 0 amide bonds. The fourth-order valence-corrected chi connectivity index (χ4v) is 1.29. The summed E-state index contributed by atoms with van der Waals surface area (Å²) in [6, 6.07) is 3.69. The van der Waals surface area contributed by atoms with E-state index in [1.165, 1.54) is 12.1 Å². The van der Waals surface area contributed by atoms with E-state index in [4.69, 9.17) is 22.4 Å². The molecule has 14 heavy (non-hydrogen) atoms. The minimum atomic E-state index is -1.01. The number of halogens is 1. The first-order valence-corrected chi connectivity index (χ1v) is 4.34. The first-order valence-electron chi connectivity index (χ1n) is 3.96. The molecule has 0 aliphatic rings. The maximum Gasteiger partial charge on any atom is 0.305 e. The molecule has 0 spiro atoms. The fraction of sp³-hybridized carbons (Fsp3) is 0.222. The molecule has 0 aliphatic heterocycles. The Bertz CT molecular complexity index is 354.